The van der Waals surface area contributed by atoms with E-state index < -0.39 is 0 Å². The second-order valence-corrected chi connectivity index (χ2v) is 6.91. The van der Waals surface area contributed by atoms with Gasteiger partial charge >= 0.3 is 0 Å². The van der Waals surface area contributed by atoms with Crippen LogP contribution in [0, 0.1) is 0 Å². The highest BCUT2D eigenvalue weighted by atomic mass is 15.3. The Hall–Kier alpha value is -0.120. The number of nitrogens with one attached hydrogen (secondary N) is 1. The minimum absolute atomic E-state index is 0.790. The van der Waals surface area contributed by atoms with E-state index >= 15 is 0 Å². The fourth-order valence-electron chi connectivity index (χ4n) is 4.27. The molecule has 3 heteroatoms. The van der Waals surface area contributed by atoms with E-state index in [1.54, 1.807) is 0 Å². The van der Waals surface area contributed by atoms with E-state index in [9.17, 15) is 0 Å². The van der Waals surface area contributed by atoms with Crippen molar-refractivity contribution in [2.75, 3.05) is 26.7 Å². The Morgan fingerprint density at radius 2 is 1.79 bits per heavy atom. The summed E-state index contributed by atoms with van der Waals surface area (Å²) in [6.07, 6.45) is 9.98. The molecule has 2 bridgehead atoms. The van der Waals surface area contributed by atoms with Crippen molar-refractivity contribution in [1.82, 2.24) is 15.1 Å². The van der Waals surface area contributed by atoms with Crippen molar-refractivity contribution in [3.05, 3.63) is 0 Å². The van der Waals surface area contributed by atoms with Crippen LogP contribution in [0.4, 0.5) is 0 Å². The van der Waals surface area contributed by atoms with E-state index in [1.165, 1.54) is 58.0 Å². The lowest BCUT2D eigenvalue weighted by molar-refractivity contribution is 0.0188. The topological polar surface area (TPSA) is 18.5 Å². The smallest absolute Gasteiger partial charge is 0.0115 e. The number of hydrogen-bond acceptors (Lipinski definition) is 3. The number of rotatable bonds is 6. The average molecular weight is 265 g/mol. The molecule has 0 aromatic heterocycles. The van der Waals surface area contributed by atoms with Crippen LogP contribution in [0.25, 0.3) is 0 Å². The molecule has 3 aliphatic rings. The molecule has 2 atom stereocenters. The highest BCUT2D eigenvalue weighted by Gasteiger charge is 2.38. The summed E-state index contributed by atoms with van der Waals surface area (Å²) >= 11 is 0. The zero-order valence-electron chi connectivity index (χ0n) is 12.8. The second-order valence-electron chi connectivity index (χ2n) is 6.91. The van der Waals surface area contributed by atoms with Crippen molar-refractivity contribution in [2.24, 2.45) is 0 Å². The number of likely N-dealkylation sites (N-methyl/N-ethyl adjacent to an activating group) is 1. The first-order valence-corrected chi connectivity index (χ1v) is 8.47. The predicted molar refractivity (Wildman–Crippen MR) is 80.5 cm³/mol. The lowest BCUT2D eigenvalue weighted by atomic mass is 9.81. The van der Waals surface area contributed by atoms with Gasteiger partial charge in [-0.3, -0.25) is 4.90 Å². The van der Waals surface area contributed by atoms with Gasteiger partial charge in [-0.05, 0) is 52.1 Å². The first-order chi connectivity index (χ1) is 9.28. The van der Waals surface area contributed by atoms with Crippen molar-refractivity contribution in [2.45, 2.75) is 76.0 Å². The van der Waals surface area contributed by atoms with Crippen LogP contribution in [-0.2, 0) is 0 Å². The van der Waals surface area contributed by atoms with E-state index in [0.29, 0.717) is 0 Å². The predicted octanol–water partition coefficient (Wildman–Crippen LogP) is 2.08. The summed E-state index contributed by atoms with van der Waals surface area (Å²) in [6, 6.07) is 3.44. The molecule has 0 amide bonds. The van der Waals surface area contributed by atoms with Crippen molar-refractivity contribution in [3.8, 4) is 0 Å². The minimum atomic E-state index is 0.790. The first kappa shape index (κ1) is 13.8. The molecule has 1 aliphatic carbocycles. The van der Waals surface area contributed by atoms with Crippen LogP contribution in [-0.4, -0.2) is 60.6 Å². The van der Waals surface area contributed by atoms with Crippen molar-refractivity contribution in [1.29, 1.82) is 0 Å². The second kappa shape index (κ2) is 6.11. The molecule has 3 rings (SSSR count). The van der Waals surface area contributed by atoms with Gasteiger partial charge in [0.15, 0.2) is 0 Å². The fraction of sp³-hybridized carbons (Fsp3) is 1.00. The molecule has 2 heterocycles. The van der Waals surface area contributed by atoms with Crippen LogP contribution < -0.4 is 5.32 Å². The highest BCUT2D eigenvalue weighted by molar-refractivity contribution is 4.95. The Bertz CT molecular complexity index is 276. The summed E-state index contributed by atoms with van der Waals surface area (Å²) in [5.41, 5.74) is 0. The standard InChI is InChI=1S/C16H31N3/c1-3-17-13-11-15-5-4-6-16(12-13)19(15)10-9-18(2)14-7-8-14/h13-17H,3-12H2,1-2H3. The molecule has 0 radical (unpaired) electrons. The molecule has 3 fully saturated rings. The number of hydrogen-bond donors (Lipinski definition) is 1. The molecule has 3 nitrogen and oxygen atoms in total. The molecular weight excluding hydrogens is 234 g/mol. The number of nitrogens with zero attached hydrogens (tertiary/aromatic N) is 2. The van der Waals surface area contributed by atoms with Crippen LogP contribution in [0.3, 0.4) is 0 Å². The van der Waals surface area contributed by atoms with Crippen molar-refractivity contribution < 1.29 is 0 Å². The molecule has 2 unspecified atom stereocenters. The lowest BCUT2D eigenvalue weighted by Gasteiger charge is -2.49. The Kier molecular flexibility index (Phi) is 4.45. The maximum absolute atomic E-state index is 3.69. The summed E-state index contributed by atoms with van der Waals surface area (Å²) in [5, 5.41) is 3.69. The Morgan fingerprint density at radius 3 is 2.37 bits per heavy atom. The number of piperidine rings is 2. The maximum Gasteiger partial charge on any atom is 0.0115 e. The zero-order valence-corrected chi connectivity index (χ0v) is 12.8. The van der Waals surface area contributed by atoms with Gasteiger partial charge in [-0.2, -0.15) is 0 Å². The van der Waals surface area contributed by atoms with Gasteiger partial charge in [-0.25, -0.2) is 0 Å². The molecule has 0 aromatic rings. The monoisotopic (exact) mass is 265 g/mol. The third-order valence-electron chi connectivity index (χ3n) is 5.50. The van der Waals surface area contributed by atoms with Crippen LogP contribution >= 0.6 is 0 Å². The van der Waals surface area contributed by atoms with Gasteiger partial charge in [0, 0.05) is 37.3 Å². The normalized spacial score (nSPS) is 35.8. The van der Waals surface area contributed by atoms with E-state index in [-0.39, 0.29) is 0 Å². The molecular formula is C16H31N3. The maximum atomic E-state index is 3.69. The van der Waals surface area contributed by atoms with Gasteiger partial charge in [-0.1, -0.05) is 13.3 Å². The van der Waals surface area contributed by atoms with Gasteiger partial charge in [0.2, 0.25) is 0 Å². The Morgan fingerprint density at radius 1 is 1.11 bits per heavy atom. The third-order valence-corrected chi connectivity index (χ3v) is 5.50. The summed E-state index contributed by atoms with van der Waals surface area (Å²) in [7, 11) is 2.32. The Balaban J connectivity index is 1.52. The molecule has 110 valence electrons. The van der Waals surface area contributed by atoms with Crippen LogP contribution in [0.5, 0.6) is 0 Å². The third kappa shape index (κ3) is 3.32. The van der Waals surface area contributed by atoms with Gasteiger partial charge in [0.25, 0.3) is 0 Å². The van der Waals surface area contributed by atoms with E-state index in [1.807, 2.05) is 0 Å². The van der Waals surface area contributed by atoms with Gasteiger partial charge < -0.3 is 10.2 Å². The summed E-state index contributed by atoms with van der Waals surface area (Å²) in [4.78, 5) is 5.45. The quantitative estimate of drug-likeness (QED) is 0.793. The van der Waals surface area contributed by atoms with Gasteiger partial charge in [-0.15, -0.1) is 0 Å². The molecule has 2 aliphatic heterocycles. The SMILES string of the molecule is CCNC1CC2CCCC(C1)N2CCN(C)C1CC1. The van der Waals surface area contributed by atoms with E-state index in [2.05, 4.69) is 29.1 Å². The van der Waals surface area contributed by atoms with Crippen molar-refractivity contribution in [3.63, 3.8) is 0 Å². The van der Waals surface area contributed by atoms with E-state index in [4.69, 9.17) is 0 Å². The molecule has 0 spiro atoms. The Labute approximate surface area is 118 Å². The van der Waals surface area contributed by atoms with E-state index in [0.717, 1.165) is 30.7 Å². The molecule has 1 saturated carbocycles. The summed E-state index contributed by atoms with van der Waals surface area (Å²) in [5.74, 6) is 0. The first-order valence-electron chi connectivity index (χ1n) is 8.47. The molecule has 19 heavy (non-hydrogen) atoms. The molecule has 2 saturated heterocycles. The van der Waals surface area contributed by atoms with Crippen LogP contribution in [0.1, 0.15) is 51.9 Å². The van der Waals surface area contributed by atoms with Crippen molar-refractivity contribution >= 4 is 0 Å². The lowest BCUT2D eigenvalue weighted by Crippen LogP contribution is -2.57. The van der Waals surface area contributed by atoms with Gasteiger partial charge in [0.1, 0.15) is 0 Å². The molecule has 1 N–H and O–H groups in total. The van der Waals surface area contributed by atoms with Crippen LogP contribution in [0.15, 0.2) is 0 Å². The fourth-order valence-corrected chi connectivity index (χ4v) is 4.27. The number of fused-ring (bicyclic) bond motifs is 2. The van der Waals surface area contributed by atoms with Crippen LogP contribution in [0.2, 0.25) is 0 Å². The minimum Gasteiger partial charge on any atom is -0.314 e. The summed E-state index contributed by atoms with van der Waals surface area (Å²) < 4.78 is 0. The largest absolute Gasteiger partial charge is 0.314 e. The average Bonchev–Trinajstić information content (AvgIpc) is 3.20. The summed E-state index contributed by atoms with van der Waals surface area (Å²) in [6.45, 7) is 5.96. The molecule has 0 aromatic carbocycles. The zero-order chi connectivity index (χ0) is 13.2. The van der Waals surface area contributed by atoms with Gasteiger partial charge in [0.05, 0.1) is 0 Å². The highest BCUT2D eigenvalue weighted by Crippen LogP contribution is 2.34.